The summed E-state index contributed by atoms with van der Waals surface area (Å²) in [5.41, 5.74) is 8.46. The number of carbonyl (C=O) groups excluding carboxylic acids is 1. The number of hydrogen-bond acceptors (Lipinski definition) is 3. The van der Waals surface area contributed by atoms with E-state index in [9.17, 15) is 4.79 Å². The molecule has 4 nitrogen and oxygen atoms in total. The molecule has 3 rings (SSSR count). The van der Waals surface area contributed by atoms with Crippen LogP contribution in [0.2, 0.25) is 0 Å². The zero-order valence-corrected chi connectivity index (χ0v) is 13.3. The number of benzene rings is 2. The van der Waals surface area contributed by atoms with Crippen molar-refractivity contribution in [3.63, 3.8) is 0 Å². The molecular formula is C19H23N3O. The summed E-state index contributed by atoms with van der Waals surface area (Å²) in [5.74, 6) is -0.362. The molecule has 120 valence electrons. The smallest absolute Gasteiger partial charge is 0.248 e. The first-order valence-corrected chi connectivity index (χ1v) is 8.08. The van der Waals surface area contributed by atoms with Gasteiger partial charge in [0.05, 0.1) is 0 Å². The maximum absolute atomic E-state index is 11.3. The average Bonchev–Trinajstić information content (AvgIpc) is 2.58. The molecule has 23 heavy (non-hydrogen) atoms. The molecule has 0 atom stereocenters. The normalized spacial score (nSPS) is 16.3. The maximum atomic E-state index is 11.3. The SMILES string of the molecule is NC(=O)c1cccc(CN2CCN(Cc3ccccc3)CC2)c1. The van der Waals surface area contributed by atoms with Crippen molar-refractivity contribution in [3.8, 4) is 0 Å². The minimum Gasteiger partial charge on any atom is -0.366 e. The fraction of sp³-hybridized carbons (Fsp3) is 0.316. The van der Waals surface area contributed by atoms with E-state index in [1.807, 2.05) is 12.1 Å². The molecule has 2 N–H and O–H groups in total. The third-order valence-corrected chi connectivity index (χ3v) is 4.33. The highest BCUT2D eigenvalue weighted by atomic mass is 16.1. The van der Waals surface area contributed by atoms with Crippen LogP contribution >= 0.6 is 0 Å². The van der Waals surface area contributed by atoms with Gasteiger partial charge < -0.3 is 5.73 Å². The summed E-state index contributed by atoms with van der Waals surface area (Å²) < 4.78 is 0. The Kier molecular flexibility index (Phi) is 5.05. The van der Waals surface area contributed by atoms with Gasteiger partial charge in [-0.15, -0.1) is 0 Å². The first kappa shape index (κ1) is 15.7. The van der Waals surface area contributed by atoms with Crippen LogP contribution in [0.4, 0.5) is 0 Å². The number of nitrogens with two attached hydrogens (primary N) is 1. The monoisotopic (exact) mass is 309 g/mol. The molecule has 0 unspecified atom stereocenters. The molecule has 1 aliphatic rings. The first-order chi connectivity index (χ1) is 11.2. The van der Waals surface area contributed by atoms with Crippen molar-refractivity contribution in [1.82, 2.24) is 9.80 Å². The van der Waals surface area contributed by atoms with E-state index in [0.717, 1.165) is 44.8 Å². The van der Waals surface area contributed by atoms with Crippen molar-refractivity contribution in [2.75, 3.05) is 26.2 Å². The van der Waals surface area contributed by atoms with E-state index in [-0.39, 0.29) is 5.91 Å². The third kappa shape index (κ3) is 4.41. The summed E-state index contributed by atoms with van der Waals surface area (Å²) in [6.07, 6.45) is 0. The molecule has 2 aromatic rings. The lowest BCUT2D eigenvalue weighted by atomic mass is 10.1. The highest BCUT2D eigenvalue weighted by molar-refractivity contribution is 5.92. The van der Waals surface area contributed by atoms with Gasteiger partial charge in [-0.1, -0.05) is 42.5 Å². The van der Waals surface area contributed by atoms with Gasteiger partial charge in [0.1, 0.15) is 0 Å². The molecule has 0 aromatic heterocycles. The van der Waals surface area contributed by atoms with Crippen molar-refractivity contribution in [3.05, 3.63) is 71.3 Å². The van der Waals surface area contributed by atoms with Gasteiger partial charge in [0.2, 0.25) is 5.91 Å². The summed E-state index contributed by atoms with van der Waals surface area (Å²) in [4.78, 5) is 16.2. The van der Waals surface area contributed by atoms with Crippen LogP contribution in [-0.2, 0) is 13.1 Å². The molecule has 1 amide bonds. The van der Waals surface area contributed by atoms with Gasteiger partial charge in [-0.25, -0.2) is 0 Å². The van der Waals surface area contributed by atoms with E-state index >= 15 is 0 Å². The van der Waals surface area contributed by atoms with Gasteiger partial charge in [0.25, 0.3) is 0 Å². The Labute approximate surface area is 137 Å². The number of hydrogen-bond donors (Lipinski definition) is 1. The second-order valence-electron chi connectivity index (χ2n) is 6.10. The van der Waals surface area contributed by atoms with Crippen LogP contribution in [0.3, 0.4) is 0 Å². The summed E-state index contributed by atoms with van der Waals surface area (Å²) >= 11 is 0. The van der Waals surface area contributed by atoms with E-state index in [2.05, 4.69) is 46.2 Å². The van der Waals surface area contributed by atoms with Gasteiger partial charge in [0.15, 0.2) is 0 Å². The molecule has 4 heteroatoms. The lowest BCUT2D eigenvalue weighted by Gasteiger charge is -2.34. The van der Waals surface area contributed by atoms with Gasteiger partial charge in [-0.05, 0) is 23.3 Å². The Bertz CT molecular complexity index is 649. The molecule has 1 heterocycles. The fourth-order valence-electron chi connectivity index (χ4n) is 3.03. The number of rotatable bonds is 5. The molecule has 0 aliphatic carbocycles. The molecule has 0 spiro atoms. The molecule has 2 aromatic carbocycles. The standard InChI is InChI=1S/C19H23N3O/c20-19(23)18-8-4-7-17(13-18)15-22-11-9-21(10-12-22)14-16-5-2-1-3-6-16/h1-8,13H,9-12,14-15H2,(H2,20,23). The first-order valence-electron chi connectivity index (χ1n) is 8.08. The Morgan fingerprint density at radius 1 is 0.826 bits per heavy atom. The predicted molar refractivity (Wildman–Crippen MR) is 92.0 cm³/mol. The molecule has 1 saturated heterocycles. The third-order valence-electron chi connectivity index (χ3n) is 4.33. The maximum Gasteiger partial charge on any atom is 0.248 e. The highest BCUT2D eigenvalue weighted by Gasteiger charge is 2.17. The topological polar surface area (TPSA) is 49.6 Å². The van der Waals surface area contributed by atoms with Gasteiger partial charge >= 0.3 is 0 Å². The number of carbonyl (C=O) groups is 1. The number of primary amides is 1. The zero-order valence-electron chi connectivity index (χ0n) is 13.3. The lowest BCUT2D eigenvalue weighted by Crippen LogP contribution is -2.45. The van der Waals surface area contributed by atoms with Gasteiger partial charge in [-0.3, -0.25) is 14.6 Å². The highest BCUT2D eigenvalue weighted by Crippen LogP contribution is 2.12. The van der Waals surface area contributed by atoms with Crippen LogP contribution in [0.1, 0.15) is 21.5 Å². The van der Waals surface area contributed by atoms with Crippen LogP contribution in [0.15, 0.2) is 54.6 Å². The number of piperazine rings is 1. The molecule has 0 saturated carbocycles. The summed E-state index contributed by atoms with van der Waals surface area (Å²) in [7, 11) is 0. The van der Waals surface area contributed by atoms with Crippen LogP contribution in [0.5, 0.6) is 0 Å². The van der Waals surface area contributed by atoms with Crippen LogP contribution in [0.25, 0.3) is 0 Å². The number of nitrogens with zero attached hydrogens (tertiary/aromatic N) is 2. The average molecular weight is 309 g/mol. The van der Waals surface area contributed by atoms with Crippen LogP contribution in [0, 0.1) is 0 Å². The molecular weight excluding hydrogens is 286 g/mol. The largest absolute Gasteiger partial charge is 0.366 e. The fourth-order valence-corrected chi connectivity index (χ4v) is 3.03. The Morgan fingerprint density at radius 3 is 2.00 bits per heavy atom. The van der Waals surface area contributed by atoms with Crippen molar-refractivity contribution in [2.45, 2.75) is 13.1 Å². The quantitative estimate of drug-likeness (QED) is 0.920. The van der Waals surface area contributed by atoms with Crippen LogP contribution in [-0.4, -0.2) is 41.9 Å². The van der Waals surface area contributed by atoms with Crippen LogP contribution < -0.4 is 5.73 Å². The predicted octanol–water partition coefficient (Wildman–Crippen LogP) is 2.10. The van der Waals surface area contributed by atoms with Crippen molar-refractivity contribution in [2.24, 2.45) is 5.73 Å². The van der Waals surface area contributed by atoms with E-state index in [1.165, 1.54) is 5.56 Å². The Hall–Kier alpha value is -2.17. The minimum absolute atomic E-state index is 0.362. The summed E-state index contributed by atoms with van der Waals surface area (Å²) in [6, 6.07) is 18.2. The van der Waals surface area contributed by atoms with Gasteiger partial charge in [0, 0.05) is 44.8 Å². The Balaban J connectivity index is 1.51. The van der Waals surface area contributed by atoms with Crippen molar-refractivity contribution in [1.29, 1.82) is 0 Å². The second-order valence-corrected chi connectivity index (χ2v) is 6.10. The lowest BCUT2D eigenvalue weighted by molar-refractivity contribution is 0.0999. The molecule has 1 fully saturated rings. The van der Waals surface area contributed by atoms with E-state index < -0.39 is 0 Å². The molecule has 0 bridgehead atoms. The van der Waals surface area contributed by atoms with Crippen molar-refractivity contribution >= 4 is 5.91 Å². The van der Waals surface area contributed by atoms with Crippen molar-refractivity contribution < 1.29 is 4.79 Å². The van der Waals surface area contributed by atoms with E-state index in [1.54, 1.807) is 6.07 Å². The summed E-state index contributed by atoms with van der Waals surface area (Å²) in [5, 5.41) is 0. The zero-order chi connectivity index (χ0) is 16.1. The second kappa shape index (κ2) is 7.40. The number of amides is 1. The van der Waals surface area contributed by atoms with E-state index in [0.29, 0.717) is 5.56 Å². The molecule has 0 radical (unpaired) electrons. The summed E-state index contributed by atoms with van der Waals surface area (Å²) in [6.45, 7) is 6.14. The molecule has 1 aliphatic heterocycles. The van der Waals surface area contributed by atoms with E-state index in [4.69, 9.17) is 5.73 Å². The minimum atomic E-state index is -0.362. The van der Waals surface area contributed by atoms with Gasteiger partial charge in [-0.2, -0.15) is 0 Å². The Morgan fingerprint density at radius 2 is 1.39 bits per heavy atom.